The molecule has 3 heteroatoms. The first kappa shape index (κ1) is 11.5. The van der Waals surface area contributed by atoms with Gasteiger partial charge in [0, 0.05) is 24.0 Å². The van der Waals surface area contributed by atoms with Gasteiger partial charge in [0.25, 0.3) is 0 Å². The molecule has 2 rings (SSSR count). The molecule has 0 radical (unpaired) electrons. The SMILES string of the molecule is CC(NC1=NCCCC1)c1ccc(Cl)cc1. The smallest absolute Gasteiger partial charge is 0.0967 e. The fourth-order valence-electron chi connectivity index (χ4n) is 1.90. The molecule has 0 fully saturated rings. The van der Waals surface area contributed by atoms with Crippen molar-refractivity contribution in [3.8, 4) is 0 Å². The van der Waals surface area contributed by atoms with Gasteiger partial charge >= 0.3 is 0 Å². The summed E-state index contributed by atoms with van der Waals surface area (Å²) >= 11 is 5.86. The minimum atomic E-state index is 0.300. The topological polar surface area (TPSA) is 24.4 Å². The highest BCUT2D eigenvalue weighted by Gasteiger charge is 2.09. The Labute approximate surface area is 102 Å². The molecule has 1 atom stereocenters. The molecule has 0 bridgehead atoms. The second-order valence-electron chi connectivity index (χ2n) is 4.20. The third kappa shape index (κ3) is 2.99. The third-order valence-corrected chi connectivity index (χ3v) is 3.13. The molecule has 86 valence electrons. The lowest BCUT2D eigenvalue weighted by molar-refractivity contribution is 0.656. The van der Waals surface area contributed by atoms with Crippen molar-refractivity contribution in [2.75, 3.05) is 6.54 Å². The largest absolute Gasteiger partial charge is 0.367 e. The minimum Gasteiger partial charge on any atom is -0.367 e. The lowest BCUT2D eigenvalue weighted by Gasteiger charge is -2.19. The number of rotatable bonds is 2. The maximum absolute atomic E-state index is 5.86. The zero-order valence-electron chi connectivity index (χ0n) is 9.54. The van der Waals surface area contributed by atoms with Crippen molar-refractivity contribution < 1.29 is 0 Å². The number of aliphatic imine (C=N–C) groups is 1. The summed E-state index contributed by atoms with van der Waals surface area (Å²) in [5.41, 5.74) is 1.25. The molecule has 0 amide bonds. The van der Waals surface area contributed by atoms with E-state index in [4.69, 9.17) is 11.6 Å². The Bertz CT molecular complexity index is 370. The molecular weight excluding hydrogens is 220 g/mol. The Morgan fingerprint density at radius 3 is 2.62 bits per heavy atom. The van der Waals surface area contributed by atoms with Crippen LogP contribution in [0.25, 0.3) is 0 Å². The molecule has 0 spiro atoms. The van der Waals surface area contributed by atoms with Crippen molar-refractivity contribution in [3.63, 3.8) is 0 Å². The Balaban J connectivity index is 1.99. The predicted octanol–water partition coefficient (Wildman–Crippen LogP) is 3.57. The summed E-state index contributed by atoms with van der Waals surface area (Å²) in [6.07, 6.45) is 3.55. The van der Waals surface area contributed by atoms with Crippen LogP contribution in [0.2, 0.25) is 5.02 Å². The predicted molar refractivity (Wildman–Crippen MR) is 69.2 cm³/mol. The van der Waals surface area contributed by atoms with Crippen LogP contribution in [-0.2, 0) is 0 Å². The van der Waals surface area contributed by atoms with Crippen LogP contribution < -0.4 is 5.32 Å². The first-order valence-corrected chi connectivity index (χ1v) is 6.19. The fraction of sp³-hybridized carbons (Fsp3) is 0.462. The van der Waals surface area contributed by atoms with Gasteiger partial charge in [-0.3, -0.25) is 4.99 Å². The van der Waals surface area contributed by atoms with Crippen LogP contribution in [0.15, 0.2) is 29.3 Å². The summed E-state index contributed by atoms with van der Waals surface area (Å²) in [5, 5.41) is 4.24. The van der Waals surface area contributed by atoms with Crippen molar-refractivity contribution in [2.45, 2.75) is 32.2 Å². The number of halogens is 1. The monoisotopic (exact) mass is 236 g/mol. The molecule has 2 nitrogen and oxygen atoms in total. The Kier molecular flexibility index (Phi) is 3.83. The summed E-state index contributed by atoms with van der Waals surface area (Å²) in [4.78, 5) is 4.49. The molecule has 1 aromatic carbocycles. The number of nitrogens with one attached hydrogen (secondary N) is 1. The molecular formula is C13H17ClN2. The standard InChI is InChI=1S/C13H17ClN2/c1-10(11-5-7-12(14)8-6-11)16-13-4-2-3-9-15-13/h5-8,10H,2-4,9H2,1H3,(H,15,16). The van der Waals surface area contributed by atoms with E-state index in [-0.39, 0.29) is 0 Å². The summed E-state index contributed by atoms with van der Waals surface area (Å²) in [6.45, 7) is 3.12. The second kappa shape index (κ2) is 5.35. The summed E-state index contributed by atoms with van der Waals surface area (Å²) in [5.74, 6) is 1.15. The quantitative estimate of drug-likeness (QED) is 0.834. The normalized spacial score (nSPS) is 17.8. The summed E-state index contributed by atoms with van der Waals surface area (Å²) in [6, 6.07) is 8.27. The van der Waals surface area contributed by atoms with E-state index < -0.39 is 0 Å². The van der Waals surface area contributed by atoms with Gasteiger partial charge in [0.05, 0.1) is 5.84 Å². The van der Waals surface area contributed by atoms with Gasteiger partial charge in [0.1, 0.15) is 0 Å². The first-order chi connectivity index (χ1) is 7.75. The lowest BCUT2D eigenvalue weighted by atomic mass is 10.1. The molecule has 1 aliphatic rings. The lowest BCUT2D eigenvalue weighted by Crippen LogP contribution is -2.28. The molecule has 1 N–H and O–H groups in total. The molecule has 0 aliphatic carbocycles. The molecule has 0 saturated carbocycles. The van der Waals surface area contributed by atoms with Crippen LogP contribution in [0.3, 0.4) is 0 Å². The number of nitrogens with zero attached hydrogens (tertiary/aromatic N) is 1. The van der Waals surface area contributed by atoms with E-state index in [9.17, 15) is 0 Å². The van der Waals surface area contributed by atoms with Crippen LogP contribution in [-0.4, -0.2) is 12.4 Å². The van der Waals surface area contributed by atoms with Crippen LogP contribution >= 0.6 is 11.6 Å². The molecule has 0 aromatic heterocycles. The van der Waals surface area contributed by atoms with Gasteiger partial charge in [0.15, 0.2) is 0 Å². The molecule has 0 saturated heterocycles. The van der Waals surface area contributed by atoms with Crippen molar-refractivity contribution in [2.24, 2.45) is 4.99 Å². The summed E-state index contributed by atoms with van der Waals surface area (Å²) < 4.78 is 0. The fourth-order valence-corrected chi connectivity index (χ4v) is 2.03. The number of benzene rings is 1. The molecule has 1 unspecified atom stereocenters. The van der Waals surface area contributed by atoms with E-state index in [0.717, 1.165) is 23.8 Å². The van der Waals surface area contributed by atoms with Crippen molar-refractivity contribution in [3.05, 3.63) is 34.9 Å². The summed E-state index contributed by atoms with van der Waals surface area (Å²) in [7, 11) is 0. The highest BCUT2D eigenvalue weighted by molar-refractivity contribution is 6.30. The van der Waals surface area contributed by atoms with E-state index in [1.807, 2.05) is 12.1 Å². The second-order valence-corrected chi connectivity index (χ2v) is 4.64. The van der Waals surface area contributed by atoms with E-state index in [1.54, 1.807) is 0 Å². The van der Waals surface area contributed by atoms with Crippen molar-refractivity contribution in [1.29, 1.82) is 0 Å². The van der Waals surface area contributed by atoms with Crippen LogP contribution in [0.1, 0.15) is 37.8 Å². The zero-order chi connectivity index (χ0) is 11.4. The number of hydrogen-bond donors (Lipinski definition) is 1. The average Bonchev–Trinajstić information content (AvgIpc) is 2.31. The van der Waals surface area contributed by atoms with Crippen molar-refractivity contribution >= 4 is 17.4 Å². The van der Waals surface area contributed by atoms with E-state index in [2.05, 4.69) is 29.4 Å². The van der Waals surface area contributed by atoms with Crippen LogP contribution in [0, 0.1) is 0 Å². The highest BCUT2D eigenvalue weighted by atomic mass is 35.5. The van der Waals surface area contributed by atoms with Crippen molar-refractivity contribution in [1.82, 2.24) is 5.32 Å². The number of amidine groups is 1. The van der Waals surface area contributed by atoms with Gasteiger partial charge in [-0.1, -0.05) is 23.7 Å². The number of hydrogen-bond acceptors (Lipinski definition) is 2. The van der Waals surface area contributed by atoms with Gasteiger partial charge in [-0.2, -0.15) is 0 Å². The molecule has 1 heterocycles. The van der Waals surface area contributed by atoms with Gasteiger partial charge in [-0.05, 0) is 37.5 Å². The maximum Gasteiger partial charge on any atom is 0.0967 e. The van der Waals surface area contributed by atoms with Gasteiger partial charge in [-0.15, -0.1) is 0 Å². The highest BCUT2D eigenvalue weighted by Crippen LogP contribution is 2.17. The Hall–Kier alpha value is -1.02. The average molecular weight is 237 g/mol. The zero-order valence-corrected chi connectivity index (χ0v) is 10.3. The molecule has 1 aromatic rings. The van der Waals surface area contributed by atoms with Crippen LogP contribution in [0.4, 0.5) is 0 Å². The van der Waals surface area contributed by atoms with Gasteiger partial charge in [0.2, 0.25) is 0 Å². The minimum absolute atomic E-state index is 0.300. The third-order valence-electron chi connectivity index (χ3n) is 2.88. The molecule has 1 aliphatic heterocycles. The maximum atomic E-state index is 5.86. The van der Waals surface area contributed by atoms with Gasteiger partial charge in [-0.25, -0.2) is 0 Å². The van der Waals surface area contributed by atoms with E-state index in [1.165, 1.54) is 18.4 Å². The van der Waals surface area contributed by atoms with Crippen LogP contribution in [0.5, 0.6) is 0 Å². The first-order valence-electron chi connectivity index (χ1n) is 5.81. The van der Waals surface area contributed by atoms with Gasteiger partial charge < -0.3 is 5.32 Å². The molecule has 16 heavy (non-hydrogen) atoms. The Morgan fingerprint density at radius 1 is 1.25 bits per heavy atom. The van der Waals surface area contributed by atoms with E-state index in [0.29, 0.717) is 6.04 Å². The Morgan fingerprint density at radius 2 is 2.00 bits per heavy atom. The van der Waals surface area contributed by atoms with E-state index >= 15 is 0 Å².